The minimum Gasteiger partial charge on any atom is -0.0883 e. The first-order valence-electron chi connectivity index (χ1n) is 11.0. The van der Waals surface area contributed by atoms with Crippen LogP contribution in [0.4, 0.5) is 0 Å². The van der Waals surface area contributed by atoms with Crippen molar-refractivity contribution in [2.24, 2.45) is 5.92 Å². The van der Waals surface area contributed by atoms with E-state index in [-0.39, 0.29) is 0 Å². The number of allylic oxidation sites excluding steroid dienone is 2. The van der Waals surface area contributed by atoms with Gasteiger partial charge in [-0.1, -0.05) is 81.7 Å². The minimum absolute atomic E-state index is 0.763. The third kappa shape index (κ3) is 5.22. The Morgan fingerprint density at radius 3 is 2.38 bits per heavy atom. The van der Waals surface area contributed by atoms with Crippen LogP contribution in [0.5, 0.6) is 0 Å². The maximum Gasteiger partial charge on any atom is -0.0161 e. The zero-order valence-electron chi connectivity index (χ0n) is 16.8. The third-order valence-electron chi connectivity index (χ3n) is 6.10. The van der Waals surface area contributed by atoms with Crippen molar-refractivity contribution >= 4 is 10.8 Å². The molecule has 1 aliphatic carbocycles. The average molecular weight is 349 g/mol. The largest absolute Gasteiger partial charge is 0.0883 e. The van der Waals surface area contributed by atoms with Gasteiger partial charge < -0.3 is 0 Å². The highest BCUT2D eigenvalue weighted by molar-refractivity contribution is 5.84. The molecule has 1 saturated carbocycles. The van der Waals surface area contributed by atoms with Crippen LogP contribution in [-0.4, -0.2) is 0 Å². The van der Waals surface area contributed by atoms with Crippen LogP contribution in [0.1, 0.15) is 88.7 Å². The molecule has 0 saturated heterocycles. The predicted octanol–water partition coefficient (Wildman–Crippen LogP) is 8.20. The van der Waals surface area contributed by atoms with E-state index >= 15 is 0 Å². The Morgan fingerprint density at radius 2 is 1.62 bits per heavy atom. The number of hydrogen-bond donors (Lipinski definition) is 0. The second-order valence-electron chi connectivity index (χ2n) is 8.23. The van der Waals surface area contributed by atoms with Gasteiger partial charge in [0.05, 0.1) is 0 Å². The van der Waals surface area contributed by atoms with Gasteiger partial charge in [0.2, 0.25) is 0 Å². The number of unbranched alkanes of at least 4 members (excludes halogenated alkanes) is 3. The average Bonchev–Trinajstić information content (AvgIpc) is 2.68. The van der Waals surface area contributed by atoms with Crippen LogP contribution in [-0.2, 0) is 6.42 Å². The van der Waals surface area contributed by atoms with Crippen LogP contribution >= 0.6 is 0 Å². The van der Waals surface area contributed by atoms with Gasteiger partial charge in [0.25, 0.3) is 0 Å². The number of hydrogen-bond acceptors (Lipinski definition) is 0. The molecular weight excluding hydrogens is 312 g/mol. The van der Waals surface area contributed by atoms with Crippen LogP contribution in [0.2, 0.25) is 0 Å². The monoisotopic (exact) mass is 348 g/mol. The molecule has 0 radical (unpaired) electrons. The van der Waals surface area contributed by atoms with E-state index in [4.69, 9.17) is 0 Å². The first kappa shape index (κ1) is 19.2. The molecule has 0 nitrogen and oxygen atoms in total. The molecule has 0 heteroatoms. The number of rotatable bonds is 8. The number of fused-ring (bicyclic) bond motifs is 1. The Kier molecular flexibility index (Phi) is 7.35. The van der Waals surface area contributed by atoms with Crippen molar-refractivity contribution in [2.45, 2.75) is 84.0 Å². The van der Waals surface area contributed by atoms with Crippen molar-refractivity contribution in [3.63, 3.8) is 0 Å². The molecule has 1 fully saturated rings. The van der Waals surface area contributed by atoms with Gasteiger partial charge in [-0.25, -0.2) is 0 Å². The van der Waals surface area contributed by atoms with Crippen LogP contribution < -0.4 is 0 Å². The lowest BCUT2D eigenvalue weighted by molar-refractivity contribution is 0.375. The van der Waals surface area contributed by atoms with Crippen molar-refractivity contribution in [1.82, 2.24) is 0 Å². The quantitative estimate of drug-likeness (QED) is 0.333. The summed E-state index contributed by atoms with van der Waals surface area (Å²) in [5, 5.41) is 2.84. The summed E-state index contributed by atoms with van der Waals surface area (Å²) in [6, 6.07) is 14.3. The van der Waals surface area contributed by atoms with E-state index in [2.05, 4.69) is 62.4 Å². The molecule has 2 aromatic carbocycles. The van der Waals surface area contributed by atoms with Gasteiger partial charge in [-0.3, -0.25) is 0 Å². The van der Waals surface area contributed by atoms with Crippen molar-refractivity contribution in [3.8, 4) is 0 Å². The van der Waals surface area contributed by atoms with Gasteiger partial charge in [0.1, 0.15) is 0 Å². The minimum atomic E-state index is 0.763. The van der Waals surface area contributed by atoms with Gasteiger partial charge in [-0.2, -0.15) is 0 Å². The third-order valence-corrected chi connectivity index (χ3v) is 6.10. The van der Waals surface area contributed by atoms with E-state index in [1.54, 1.807) is 5.56 Å². The van der Waals surface area contributed by atoms with E-state index in [0.29, 0.717) is 0 Å². The Balaban J connectivity index is 1.61. The molecule has 0 amide bonds. The molecule has 0 bridgehead atoms. The summed E-state index contributed by atoms with van der Waals surface area (Å²) in [4.78, 5) is 0. The molecule has 0 unspecified atom stereocenters. The van der Waals surface area contributed by atoms with Crippen molar-refractivity contribution in [3.05, 3.63) is 59.7 Å². The zero-order valence-corrected chi connectivity index (χ0v) is 16.8. The molecule has 0 aromatic heterocycles. The van der Waals surface area contributed by atoms with E-state index in [9.17, 15) is 0 Å². The molecule has 0 atom stereocenters. The highest BCUT2D eigenvalue weighted by atomic mass is 14.3. The molecule has 1 aliphatic rings. The van der Waals surface area contributed by atoms with Gasteiger partial charge in [0.15, 0.2) is 0 Å². The molecule has 2 aromatic rings. The number of benzene rings is 2. The van der Waals surface area contributed by atoms with E-state index in [1.165, 1.54) is 80.5 Å². The standard InChI is InChI=1S/C26H36/c1-3-5-7-9-21-11-14-23(15-12-21)25-18-17-24-19-22(10-8-6-4-2)13-16-26(24)20-25/h7,9,13,16-21,23H,3-6,8,10-12,14-15H2,1-2H3/b9-7+. The van der Waals surface area contributed by atoms with Crippen molar-refractivity contribution in [1.29, 1.82) is 0 Å². The lowest BCUT2D eigenvalue weighted by Crippen LogP contribution is -2.11. The van der Waals surface area contributed by atoms with Crippen molar-refractivity contribution < 1.29 is 0 Å². The molecule has 0 aliphatic heterocycles. The van der Waals surface area contributed by atoms with Crippen LogP contribution in [0.15, 0.2) is 48.6 Å². The molecule has 0 N–H and O–H groups in total. The summed E-state index contributed by atoms with van der Waals surface area (Å²) >= 11 is 0. The fraction of sp³-hybridized carbons (Fsp3) is 0.538. The summed E-state index contributed by atoms with van der Waals surface area (Å²) in [6.07, 6.45) is 18.0. The smallest absolute Gasteiger partial charge is 0.0161 e. The lowest BCUT2D eigenvalue weighted by atomic mass is 9.78. The molecule has 0 heterocycles. The Hall–Kier alpha value is -1.56. The summed E-state index contributed by atoms with van der Waals surface area (Å²) in [6.45, 7) is 4.53. The van der Waals surface area contributed by atoms with Gasteiger partial charge >= 0.3 is 0 Å². The molecule has 26 heavy (non-hydrogen) atoms. The molecular formula is C26H36. The second-order valence-corrected chi connectivity index (χ2v) is 8.23. The van der Waals surface area contributed by atoms with E-state index in [0.717, 1.165) is 11.8 Å². The van der Waals surface area contributed by atoms with Crippen LogP contribution in [0.25, 0.3) is 10.8 Å². The maximum absolute atomic E-state index is 2.49. The number of aryl methyl sites for hydroxylation is 1. The van der Waals surface area contributed by atoms with E-state index in [1.807, 2.05) is 0 Å². The Bertz CT molecular complexity index is 701. The predicted molar refractivity (Wildman–Crippen MR) is 116 cm³/mol. The summed E-state index contributed by atoms with van der Waals surface area (Å²) in [7, 11) is 0. The molecule has 0 spiro atoms. The van der Waals surface area contributed by atoms with Gasteiger partial charge in [-0.15, -0.1) is 0 Å². The summed E-state index contributed by atoms with van der Waals surface area (Å²) in [5.41, 5.74) is 3.06. The molecule has 140 valence electrons. The molecule has 3 rings (SSSR count). The second kappa shape index (κ2) is 9.95. The summed E-state index contributed by atoms with van der Waals surface area (Å²) < 4.78 is 0. The fourth-order valence-electron chi connectivity index (χ4n) is 4.40. The van der Waals surface area contributed by atoms with Crippen LogP contribution in [0, 0.1) is 5.92 Å². The van der Waals surface area contributed by atoms with Gasteiger partial charge in [-0.05, 0) is 78.7 Å². The maximum atomic E-state index is 2.49. The van der Waals surface area contributed by atoms with Gasteiger partial charge in [0, 0.05) is 0 Å². The SMILES string of the molecule is CCC/C=C/C1CCC(c2ccc3cc(CCCCC)ccc3c2)CC1. The highest BCUT2D eigenvalue weighted by Crippen LogP contribution is 2.37. The highest BCUT2D eigenvalue weighted by Gasteiger charge is 2.20. The topological polar surface area (TPSA) is 0 Å². The van der Waals surface area contributed by atoms with Crippen LogP contribution in [0.3, 0.4) is 0 Å². The zero-order chi connectivity index (χ0) is 18.2. The first-order chi connectivity index (χ1) is 12.8. The first-order valence-corrected chi connectivity index (χ1v) is 11.0. The normalized spacial score (nSPS) is 20.8. The fourth-order valence-corrected chi connectivity index (χ4v) is 4.40. The van der Waals surface area contributed by atoms with E-state index < -0.39 is 0 Å². The Labute approximate surface area is 160 Å². The summed E-state index contributed by atoms with van der Waals surface area (Å²) in [5.74, 6) is 1.59. The Morgan fingerprint density at radius 1 is 0.846 bits per heavy atom. The lowest BCUT2D eigenvalue weighted by Gasteiger charge is -2.27. The van der Waals surface area contributed by atoms with Crippen molar-refractivity contribution in [2.75, 3.05) is 0 Å².